The fourth-order valence-electron chi connectivity index (χ4n) is 1.13. The van der Waals surface area contributed by atoms with Crippen LogP contribution in [-0.4, -0.2) is 15.1 Å². The van der Waals surface area contributed by atoms with Gasteiger partial charge in [0, 0.05) is 5.56 Å². The van der Waals surface area contributed by atoms with Crippen LogP contribution >= 0.6 is 24.8 Å². The molecular weight excluding hydrogens is 228 g/mol. The lowest BCUT2D eigenvalue weighted by atomic mass is 10.1. The fraction of sp³-hybridized carbons (Fsp3) is 0.200. The summed E-state index contributed by atoms with van der Waals surface area (Å²) in [5.41, 5.74) is 4.97. The van der Waals surface area contributed by atoms with Crippen molar-refractivity contribution < 1.29 is 5.11 Å². The van der Waals surface area contributed by atoms with Crippen LogP contribution in [0.3, 0.4) is 0 Å². The average molecular weight is 240 g/mol. The Kier molecular flexibility index (Phi) is 4.11. The van der Waals surface area contributed by atoms with Crippen LogP contribution in [0.5, 0.6) is 5.75 Å². The van der Waals surface area contributed by atoms with Gasteiger partial charge in [-0.25, -0.2) is 0 Å². The SMILES string of the molecule is CC(=NNC(=S)S)c1cc(C)ccc1O. The highest BCUT2D eigenvalue weighted by Gasteiger charge is 2.04. The molecule has 5 heteroatoms. The number of nitrogens with one attached hydrogen (secondary N) is 1. The lowest BCUT2D eigenvalue weighted by Crippen LogP contribution is -2.11. The predicted molar refractivity (Wildman–Crippen MR) is 69.8 cm³/mol. The van der Waals surface area contributed by atoms with E-state index >= 15 is 0 Å². The van der Waals surface area contributed by atoms with Crippen LogP contribution in [0.2, 0.25) is 0 Å². The van der Waals surface area contributed by atoms with Crippen molar-refractivity contribution in [1.29, 1.82) is 0 Å². The second-order valence-corrected chi connectivity index (χ2v) is 4.29. The van der Waals surface area contributed by atoms with Crippen molar-refractivity contribution in [1.82, 2.24) is 5.43 Å². The third kappa shape index (κ3) is 3.53. The topological polar surface area (TPSA) is 44.6 Å². The van der Waals surface area contributed by atoms with Crippen molar-refractivity contribution in [2.75, 3.05) is 0 Å². The Hall–Kier alpha value is -1.07. The zero-order valence-electron chi connectivity index (χ0n) is 8.48. The van der Waals surface area contributed by atoms with E-state index in [9.17, 15) is 5.11 Å². The summed E-state index contributed by atoms with van der Waals surface area (Å²) in [6.07, 6.45) is 0. The smallest absolute Gasteiger partial charge is 0.150 e. The van der Waals surface area contributed by atoms with Crippen molar-refractivity contribution >= 4 is 34.9 Å². The Morgan fingerprint density at radius 3 is 2.80 bits per heavy atom. The molecule has 0 aliphatic rings. The number of rotatable bonds is 2. The van der Waals surface area contributed by atoms with Crippen molar-refractivity contribution in [2.45, 2.75) is 13.8 Å². The Bertz CT molecular complexity index is 416. The molecule has 0 saturated heterocycles. The van der Waals surface area contributed by atoms with Crippen LogP contribution in [0.15, 0.2) is 23.3 Å². The number of aryl methyl sites for hydroxylation is 1. The normalized spacial score (nSPS) is 11.3. The minimum Gasteiger partial charge on any atom is -0.507 e. The number of thiocarbonyl (C=S) groups is 1. The van der Waals surface area contributed by atoms with E-state index < -0.39 is 0 Å². The number of aromatic hydroxyl groups is 1. The lowest BCUT2D eigenvalue weighted by molar-refractivity contribution is 0.474. The van der Waals surface area contributed by atoms with Gasteiger partial charge in [-0.1, -0.05) is 23.8 Å². The van der Waals surface area contributed by atoms with Crippen LogP contribution in [0.25, 0.3) is 0 Å². The first-order chi connectivity index (χ1) is 7.00. The summed E-state index contributed by atoms with van der Waals surface area (Å²) in [5, 5.41) is 13.6. The molecule has 0 radical (unpaired) electrons. The molecule has 0 heterocycles. The van der Waals surface area contributed by atoms with Crippen LogP contribution in [-0.2, 0) is 0 Å². The lowest BCUT2D eigenvalue weighted by Gasteiger charge is -2.05. The minimum absolute atomic E-state index is 0.203. The van der Waals surface area contributed by atoms with Gasteiger partial charge in [0.05, 0.1) is 5.71 Å². The van der Waals surface area contributed by atoms with E-state index in [1.165, 1.54) is 0 Å². The summed E-state index contributed by atoms with van der Waals surface area (Å²) in [5.74, 6) is 0.203. The summed E-state index contributed by atoms with van der Waals surface area (Å²) in [4.78, 5) is 0. The van der Waals surface area contributed by atoms with Crippen molar-refractivity contribution in [2.24, 2.45) is 5.10 Å². The van der Waals surface area contributed by atoms with Crippen molar-refractivity contribution in [3.63, 3.8) is 0 Å². The van der Waals surface area contributed by atoms with Gasteiger partial charge >= 0.3 is 0 Å². The van der Waals surface area contributed by atoms with Gasteiger partial charge in [0.15, 0.2) is 4.32 Å². The number of thiol groups is 1. The zero-order valence-corrected chi connectivity index (χ0v) is 10.2. The molecule has 3 nitrogen and oxygen atoms in total. The van der Waals surface area contributed by atoms with E-state index in [0.29, 0.717) is 15.6 Å². The molecule has 0 aromatic heterocycles. The van der Waals surface area contributed by atoms with Gasteiger partial charge in [-0.2, -0.15) is 5.10 Å². The summed E-state index contributed by atoms with van der Waals surface area (Å²) >= 11 is 8.59. The molecule has 0 aliphatic carbocycles. The van der Waals surface area contributed by atoms with Gasteiger partial charge in [-0.15, -0.1) is 12.6 Å². The second kappa shape index (κ2) is 5.14. The Balaban J connectivity index is 2.99. The molecule has 0 spiro atoms. The number of hydrazone groups is 1. The Morgan fingerprint density at radius 2 is 2.20 bits per heavy atom. The number of hydrogen-bond donors (Lipinski definition) is 3. The van der Waals surface area contributed by atoms with Gasteiger partial charge in [-0.05, 0) is 26.0 Å². The van der Waals surface area contributed by atoms with Gasteiger partial charge in [0.2, 0.25) is 0 Å². The third-order valence-electron chi connectivity index (χ3n) is 1.86. The summed E-state index contributed by atoms with van der Waals surface area (Å²) < 4.78 is 0.293. The summed E-state index contributed by atoms with van der Waals surface area (Å²) in [6, 6.07) is 5.34. The summed E-state index contributed by atoms with van der Waals surface area (Å²) in [6.45, 7) is 3.74. The first-order valence-electron chi connectivity index (χ1n) is 4.34. The minimum atomic E-state index is 0.203. The van der Waals surface area contributed by atoms with Gasteiger partial charge in [0.25, 0.3) is 0 Å². The zero-order chi connectivity index (χ0) is 11.4. The summed E-state index contributed by atoms with van der Waals surface area (Å²) in [7, 11) is 0. The maximum atomic E-state index is 9.61. The van der Waals surface area contributed by atoms with E-state index in [2.05, 4.69) is 23.2 Å². The first-order valence-corrected chi connectivity index (χ1v) is 5.19. The van der Waals surface area contributed by atoms with E-state index in [1.54, 1.807) is 13.0 Å². The predicted octanol–water partition coefficient (Wildman–Crippen LogP) is 2.23. The van der Waals surface area contributed by atoms with Crippen molar-refractivity contribution in [3.8, 4) is 5.75 Å². The molecule has 15 heavy (non-hydrogen) atoms. The number of phenolic OH excluding ortho intramolecular Hbond substituents is 1. The maximum absolute atomic E-state index is 9.61. The van der Waals surface area contributed by atoms with Crippen LogP contribution < -0.4 is 5.43 Å². The van der Waals surface area contributed by atoms with E-state index in [0.717, 1.165) is 5.56 Å². The first kappa shape index (κ1) is 12.0. The average Bonchev–Trinajstić information content (AvgIpc) is 2.18. The molecule has 2 N–H and O–H groups in total. The molecule has 1 aromatic carbocycles. The molecular formula is C10H12N2OS2. The molecule has 80 valence electrons. The third-order valence-corrected chi connectivity index (χ3v) is 2.05. The number of nitrogens with zero attached hydrogens (tertiary/aromatic N) is 1. The molecule has 0 aliphatic heterocycles. The molecule has 0 fully saturated rings. The van der Waals surface area contributed by atoms with Crippen molar-refractivity contribution in [3.05, 3.63) is 29.3 Å². The van der Waals surface area contributed by atoms with E-state index in [4.69, 9.17) is 12.2 Å². The quantitative estimate of drug-likeness (QED) is 0.321. The van der Waals surface area contributed by atoms with Crippen LogP contribution in [0, 0.1) is 6.92 Å². The molecule has 1 rings (SSSR count). The largest absolute Gasteiger partial charge is 0.507 e. The van der Waals surface area contributed by atoms with Gasteiger partial charge < -0.3 is 5.11 Å². The number of hydrogen-bond acceptors (Lipinski definition) is 3. The van der Waals surface area contributed by atoms with Crippen LogP contribution in [0.4, 0.5) is 0 Å². The molecule has 0 unspecified atom stereocenters. The van der Waals surface area contributed by atoms with E-state index in [-0.39, 0.29) is 5.75 Å². The maximum Gasteiger partial charge on any atom is 0.150 e. The highest BCUT2D eigenvalue weighted by Crippen LogP contribution is 2.18. The fourth-order valence-corrected chi connectivity index (χ4v) is 1.23. The van der Waals surface area contributed by atoms with Crippen LogP contribution in [0.1, 0.15) is 18.1 Å². The Labute approximate surface area is 99.6 Å². The number of benzene rings is 1. The highest BCUT2D eigenvalue weighted by atomic mass is 32.1. The van der Waals surface area contributed by atoms with E-state index in [1.807, 2.05) is 19.1 Å². The highest BCUT2D eigenvalue weighted by molar-refractivity contribution is 8.11. The molecule has 0 saturated carbocycles. The van der Waals surface area contributed by atoms with Gasteiger partial charge in [-0.3, -0.25) is 5.43 Å². The Morgan fingerprint density at radius 1 is 1.53 bits per heavy atom. The molecule has 0 amide bonds. The number of phenols is 1. The molecule has 1 aromatic rings. The standard InChI is InChI=1S/C10H12N2OS2/c1-6-3-4-9(13)8(5-6)7(2)11-12-10(14)15/h3-5,13H,1-2H3,(H2,12,14,15). The van der Waals surface area contributed by atoms with Gasteiger partial charge in [0.1, 0.15) is 5.75 Å². The monoisotopic (exact) mass is 240 g/mol. The molecule has 0 atom stereocenters. The second-order valence-electron chi connectivity index (χ2n) is 3.13. The molecule has 0 bridgehead atoms.